The summed E-state index contributed by atoms with van der Waals surface area (Å²) >= 11 is 1.73. The first kappa shape index (κ1) is 15.2. The molecule has 0 atom stereocenters. The first-order chi connectivity index (χ1) is 10.6. The summed E-state index contributed by atoms with van der Waals surface area (Å²) in [6.45, 7) is 4.75. The Morgan fingerprint density at radius 2 is 2.14 bits per heavy atom. The van der Waals surface area contributed by atoms with Gasteiger partial charge in [-0.05, 0) is 24.9 Å². The smallest absolute Gasteiger partial charge is 0.265 e. The zero-order valence-electron chi connectivity index (χ0n) is 13.2. The van der Waals surface area contributed by atoms with Crippen molar-refractivity contribution in [3.8, 4) is 0 Å². The van der Waals surface area contributed by atoms with Crippen LogP contribution in [-0.4, -0.2) is 48.4 Å². The second-order valence-electron chi connectivity index (χ2n) is 5.80. The second-order valence-corrected chi connectivity index (χ2v) is 6.63. The standard InChI is InChI=1S/C14H22N6OS/c1-10-9-22-14(16-10)20-6-4-11(5-7-20)15-8-12-17-13(18-21-12)19(2)3/h9,11,15H,4-8H2,1-3H3. The Morgan fingerprint density at radius 1 is 1.36 bits per heavy atom. The van der Waals surface area contributed by atoms with Crippen molar-refractivity contribution in [1.82, 2.24) is 20.4 Å². The van der Waals surface area contributed by atoms with Gasteiger partial charge in [-0.3, -0.25) is 0 Å². The van der Waals surface area contributed by atoms with Gasteiger partial charge in [0, 0.05) is 38.6 Å². The average molecular weight is 322 g/mol. The Labute approximate surface area is 134 Å². The van der Waals surface area contributed by atoms with Crippen LogP contribution in [0.25, 0.3) is 0 Å². The molecule has 0 spiro atoms. The molecule has 0 aromatic carbocycles. The van der Waals surface area contributed by atoms with Crippen LogP contribution in [0.15, 0.2) is 9.90 Å². The molecule has 1 aliphatic rings. The van der Waals surface area contributed by atoms with E-state index in [1.165, 1.54) is 0 Å². The van der Waals surface area contributed by atoms with Crippen molar-refractivity contribution in [2.75, 3.05) is 37.0 Å². The Hall–Kier alpha value is -1.67. The molecule has 120 valence electrons. The molecule has 7 nitrogen and oxygen atoms in total. The minimum absolute atomic E-state index is 0.493. The lowest BCUT2D eigenvalue weighted by Gasteiger charge is -2.32. The highest BCUT2D eigenvalue weighted by molar-refractivity contribution is 7.13. The number of hydrogen-bond donors (Lipinski definition) is 1. The highest BCUT2D eigenvalue weighted by atomic mass is 32.1. The van der Waals surface area contributed by atoms with Gasteiger partial charge in [-0.2, -0.15) is 4.98 Å². The number of nitrogens with one attached hydrogen (secondary N) is 1. The van der Waals surface area contributed by atoms with Crippen LogP contribution < -0.4 is 15.1 Å². The van der Waals surface area contributed by atoms with Gasteiger partial charge in [-0.25, -0.2) is 4.98 Å². The number of nitrogens with zero attached hydrogens (tertiary/aromatic N) is 5. The summed E-state index contributed by atoms with van der Waals surface area (Å²) in [6, 6.07) is 0.493. The van der Waals surface area contributed by atoms with Crippen LogP contribution in [-0.2, 0) is 6.54 Å². The largest absolute Gasteiger partial charge is 0.348 e. The van der Waals surface area contributed by atoms with Gasteiger partial charge in [0.25, 0.3) is 5.95 Å². The average Bonchev–Trinajstić information content (AvgIpc) is 3.15. The van der Waals surface area contributed by atoms with Gasteiger partial charge in [-0.1, -0.05) is 0 Å². The summed E-state index contributed by atoms with van der Waals surface area (Å²) in [7, 11) is 3.80. The van der Waals surface area contributed by atoms with E-state index in [4.69, 9.17) is 4.52 Å². The summed E-state index contributed by atoms with van der Waals surface area (Å²) in [6.07, 6.45) is 2.21. The maximum absolute atomic E-state index is 5.23. The monoisotopic (exact) mass is 322 g/mol. The van der Waals surface area contributed by atoms with Gasteiger partial charge in [-0.15, -0.1) is 11.3 Å². The summed E-state index contributed by atoms with van der Waals surface area (Å²) in [4.78, 5) is 13.1. The highest BCUT2D eigenvalue weighted by Gasteiger charge is 2.21. The molecule has 22 heavy (non-hydrogen) atoms. The lowest BCUT2D eigenvalue weighted by Crippen LogP contribution is -2.42. The van der Waals surface area contributed by atoms with Gasteiger partial charge in [0.05, 0.1) is 12.2 Å². The van der Waals surface area contributed by atoms with E-state index in [2.05, 4.69) is 30.7 Å². The summed E-state index contributed by atoms with van der Waals surface area (Å²) in [5.74, 6) is 1.26. The van der Waals surface area contributed by atoms with E-state index >= 15 is 0 Å². The second kappa shape index (κ2) is 6.62. The molecule has 2 aromatic rings. The SMILES string of the molecule is Cc1csc(N2CCC(NCc3nc(N(C)C)no3)CC2)n1. The number of rotatable bonds is 5. The van der Waals surface area contributed by atoms with E-state index in [0.717, 1.165) is 36.8 Å². The molecule has 0 unspecified atom stereocenters. The molecule has 3 heterocycles. The molecule has 3 rings (SSSR count). The maximum atomic E-state index is 5.23. The molecule has 0 bridgehead atoms. The molecule has 1 N–H and O–H groups in total. The van der Waals surface area contributed by atoms with Crippen molar-refractivity contribution >= 4 is 22.4 Å². The quantitative estimate of drug-likeness (QED) is 0.897. The summed E-state index contributed by atoms with van der Waals surface area (Å²) < 4.78 is 5.23. The third-order valence-electron chi connectivity index (χ3n) is 3.77. The fourth-order valence-electron chi connectivity index (χ4n) is 2.49. The number of thiazole rings is 1. The summed E-state index contributed by atoms with van der Waals surface area (Å²) in [5, 5.41) is 10.7. The van der Waals surface area contributed by atoms with Gasteiger partial charge in [0.1, 0.15) is 0 Å². The van der Waals surface area contributed by atoms with Crippen molar-refractivity contribution in [2.24, 2.45) is 0 Å². The predicted octanol–water partition coefficient (Wildman–Crippen LogP) is 1.66. The van der Waals surface area contributed by atoms with E-state index in [-0.39, 0.29) is 0 Å². The minimum atomic E-state index is 0.493. The third kappa shape index (κ3) is 3.56. The number of aromatic nitrogens is 3. The van der Waals surface area contributed by atoms with Crippen LogP contribution in [0.1, 0.15) is 24.4 Å². The van der Waals surface area contributed by atoms with Crippen LogP contribution in [0.3, 0.4) is 0 Å². The van der Waals surface area contributed by atoms with Crippen molar-refractivity contribution in [1.29, 1.82) is 0 Å². The number of aryl methyl sites for hydroxylation is 1. The summed E-state index contributed by atoms with van der Waals surface area (Å²) in [5.41, 5.74) is 1.10. The van der Waals surface area contributed by atoms with Crippen molar-refractivity contribution in [3.05, 3.63) is 17.0 Å². The van der Waals surface area contributed by atoms with Gasteiger partial charge < -0.3 is 19.6 Å². The first-order valence-corrected chi connectivity index (χ1v) is 8.40. The van der Waals surface area contributed by atoms with E-state index in [1.807, 2.05) is 25.9 Å². The fourth-order valence-corrected chi connectivity index (χ4v) is 3.35. The molecule has 1 fully saturated rings. The molecule has 0 amide bonds. The maximum Gasteiger partial charge on any atom is 0.265 e. The van der Waals surface area contributed by atoms with Crippen LogP contribution in [0.5, 0.6) is 0 Å². The molecule has 1 saturated heterocycles. The lowest BCUT2D eigenvalue weighted by molar-refractivity contribution is 0.341. The number of hydrogen-bond acceptors (Lipinski definition) is 8. The van der Waals surface area contributed by atoms with Gasteiger partial charge >= 0.3 is 0 Å². The Kier molecular flexibility index (Phi) is 4.58. The predicted molar refractivity (Wildman–Crippen MR) is 87.6 cm³/mol. The van der Waals surface area contributed by atoms with E-state index in [0.29, 0.717) is 24.4 Å². The van der Waals surface area contributed by atoms with Crippen LogP contribution in [0, 0.1) is 6.92 Å². The van der Waals surface area contributed by atoms with Crippen molar-refractivity contribution in [2.45, 2.75) is 32.4 Å². The van der Waals surface area contributed by atoms with Gasteiger partial charge in [0.2, 0.25) is 5.89 Å². The van der Waals surface area contributed by atoms with Crippen LogP contribution in [0.2, 0.25) is 0 Å². The molecule has 2 aromatic heterocycles. The fraction of sp³-hybridized carbons (Fsp3) is 0.643. The van der Waals surface area contributed by atoms with Gasteiger partial charge in [0.15, 0.2) is 5.13 Å². The molecule has 0 radical (unpaired) electrons. The zero-order chi connectivity index (χ0) is 15.5. The lowest BCUT2D eigenvalue weighted by atomic mass is 10.1. The Balaban J connectivity index is 1.45. The van der Waals surface area contributed by atoms with E-state index < -0.39 is 0 Å². The van der Waals surface area contributed by atoms with Crippen LogP contribution >= 0.6 is 11.3 Å². The molecular weight excluding hydrogens is 300 g/mol. The van der Waals surface area contributed by atoms with Crippen molar-refractivity contribution in [3.63, 3.8) is 0 Å². The third-order valence-corrected chi connectivity index (χ3v) is 4.79. The topological polar surface area (TPSA) is 70.3 Å². The minimum Gasteiger partial charge on any atom is -0.348 e. The van der Waals surface area contributed by atoms with E-state index in [9.17, 15) is 0 Å². The normalized spacial score (nSPS) is 16.2. The van der Waals surface area contributed by atoms with E-state index in [1.54, 1.807) is 11.3 Å². The number of piperidine rings is 1. The molecule has 1 aliphatic heterocycles. The molecular formula is C14H22N6OS. The Bertz CT molecular complexity index is 602. The highest BCUT2D eigenvalue weighted by Crippen LogP contribution is 2.23. The molecule has 0 aliphatic carbocycles. The van der Waals surface area contributed by atoms with Crippen LogP contribution in [0.4, 0.5) is 11.1 Å². The zero-order valence-corrected chi connectivity index (χ0v) is 14.1. The van der Waals surface area contributed by atoms with Crippen molar-refractivity contribution < 1.29 is 4.52 Å². The number of anilines is 2. The molecule has 0 saturated carbocycles. The Morgan fingerprint density at radius 3 is 2.73 bits per heavy atom. The molecule has 8 heteroatoms. The first-order valence-electron chi connectivity index (χ1n) is 7.52.